The van der Waals surface area contributed by atoms with Crippen LogP contribution in [0.1, 0.15) is 56.1 Å². The van der Waals surface area contributed by atoms with Crippen molar-refractivity contribution in [3.05, 3.63) is 48.0 Å². The van der Waals surface area contributed by atoms with Crippen LogP contribution in [0.4, 0.5) is 0 Å². The average molecular weight is 406 g/mol. The van der Waals surface area contributed by atoms with E-state index in [2.05, 4.69) is 37.3 Å². The van der Waals surface area contributed by atoms with Crippen molar-refractivity contribution in [1.82, 2.24) is 19.4 Å². The molecule has 0 aliphatic heterocycles. The van der Waals surface area contributed by atoms with E-state index >= 15 is 0 Å². The van der Waals surface area contributed by atoms with Gasteiger partial charge in [0.15, 0.2) is 0 Å². The van der Waals surface area contributed by atoms with Crippen LogP contribution in [0.5, 0.6) is 5.75 Å². The van der Waals surface area contributed by atoms with Gasteiger partial charge in [-0.3, -0.25) is 14.2 Å². The molecule has 3 heterocycles. The predicted molar refractivity (Wildman–Crippen MR) is 113 cm³/mol. The van der Waals surface area contributed by atoms with E-state index in [9.17, 15) is 9.59 Å². The molecule has 3 aromatic heterocycles. The van der Waals surface area contributed by atoms with Crippen molar-refractivity contribution >= 4 is 23.4 Å². The molecule has 3 aliphatic rings. The van der Waals surface area contributed by atoms with Crippen molar-refractivity contribution in [3.8, 4) is 5.75 Å². The molecule has 1 N–H and O–H groups in total. The van der Waals surface area contributed by atoms with Gasteiger partial charge in [-0.25, -0.2) is 4.98 Å². The fourth-order valence-electron chi connectivity index (χ4n) is 5.50. The number of aryl methyl sites for hydroxylation is 1. The van der Waals surface area contributed by atoms with E-state index in [0.717, 1.165) is 24.6 Å². The Hall–Kier alpha value is -2.93. The molecule has 3 aliphatic carbocycles. The normalized spacial score (nSPS) is 24.9. The van der Waals surface area contributed by atoms with E-state index in [4.69, 9.17) is 4.74 Å². The Bertz CT molecular complexity index is 1160. The zero-order valence-electron chi connectivity index (χ0n) is 17.7. The second kappa shape index (κ2) is 6.04. The third-order valence-electron chi connectivity index (χ3n) is 6.41. The van der Waals surface area contributed by atoms with E-state index in [1.165, 1.54) is 11.8 Å². The summed E-state index contributed by atoms with van der Waals surface area (Å²) in [5.41, 5.74) is 3.01. The summed E-state index contributed by atoms with van der Waals surface area (Å²) >= 11 is 0. The lowest BCUT2D eigenvalue weighted by atomic mass is 9.37. The van der Waals surface area contributed by atoms with Gasteiger partial charge in [-0.15, -0.1) is 0 Å². The number of pyridine rings is 1. The molecule has 7 heteroatoms. The number of carbonyl (C=O) groups excluding carboxylic acids is 2. The molecule has 0 aromatic carbocycles. The standard InChI is InChI=1S/C23H26N4O3/c1-21(2,3)25-23-11-22(12-23,13-23)16-8-18(26(4)10-16)20(29)27-6-5-15-7-17(30-14-28)9-24-19(15)27/h5-10,14,25H,11-13H2,1-4H3. The van der Waals surface area contributed by atoms with Gasteiger partial charge in [0.1, 0.15) is 17.1 Å². The number of aromatic nitrogens is 3. The first-order valence-corrected chi connectivity index (χ1v) is 10.2. The van der Waals surface area contributed by atoms with Gasteiger partial charge in [0.05, 0.1) is 6.20 Å². The number of nitrogens with one attached hydrogen (secondary N) is 1. The molecular weight excluding hydrogens is 380 g/mol. The van der Waals surface area contributed by atoms with Crippen molar-refractivity contribution in [2.45, 2.75) is 56.5 Å². The Morgan fingerprint density at radius 2 is 2.00 bits per heavy atom. The summed E-state index contributed by atoms with van der Waals surface area (Å²) in [6, 6.07) is 5.53. The number of fused-ring (bicyclic) bond motifs is 1. The van der Waals surface area contributed by atoms with Crippen molar-refractivity contribution in [1.29, 1.82) is 0 Å². The molecule has 3 aromatic rings. The maximum Gasteiger partial charge on any atom is 0.298 e. The molecule has 0 saturated heterocycles. The van der Waals surface area contributed by atoms with E-state index in [1.807, 2.05) is 17.7 Å². The van der Waals surface area contributed by atoms with Crippen LogP contribution >= 0.6 is 0 Å². The monoisotopic (exact) mass is 406 g/mol. The first-order valence-electron chi connectivity index (χ1n) is 10.2. The first kappa shape index (κ1) is 19.1. The minimum atomic E-state index is -0.121. The summed E-state index contributed by atoms with van der Waals surface area (Å²) in [4.78, 5) is 28.1. The lowest BCUT2D eigenvalue weighted by molar-refractivity contribution is -0.120. The Kier molecular flexibility index (Phi) is 3.84. The molecule has 3 fully saturated rings. The van der Waals surface area contributed by atoms with Gasteiger partial charge in [0.2, 0.25) is 0 Å². The molecule has 0 unspecified atom stereocenters. The van der Waals surface area contributed by atoms with Crippen LogP contribution in [0.2, 0.25) is 0 Å². The van der Waals surface area contributed by atoms with Crippen LogP contribution in [-0.2, 0) is 17.3 Å². The molecule has 30 heavy (non-hydrogen) atoms. The summed E-state index contributed by atoms with van der Waals surface area (Å²) in [5.74, 6) is 0.231. The topological polar surface area (TPSA) is 78.1 Å². The third kappa shape index (κ3) is 2.80. The first-order chi connectivity index (χ1) is 14.1. The SMILES string of the molecule is Cn1cc(C23CC(NC(C)(C)C)(C2)C3)cc1C(=O)n1ccc2cc(OC=O)cnc21. The summed E-state index contributed by atoms with van der Waals surface area (Å²) in [7, 11) is 1.92. The highest BCUT2D eigenvalue weighted by Gasteiger charge is 2.69. The van der Waals surface area contributed by atoms with Gasteiger partial charge >= 0.3 is 0 Å². The summed E-state index contributed by atoms with van der Waals surface area (Å²) in [6.45, 7) is 7.00. The van der Waals surface area contributed by atoms with Crippen LogP contribution in [0, 0.1) is 0 Å². The van der Waals surface area contributed by atoms with Gasteiger partial charge in [-0.05, 0) is 63.8 Å². The quantitative estimate of drug-likeness (QED) is 0.659. The lowest BCUT2D eigenvalue weighted by Crippen LogP contribution is -2.78. The van der Waals surface area contributed by atoms with Crippen LogP contribution in [0.25, 0.3) is 11.0 Å². The fourth-order valence-corrected chi connectivity index (χ4v) is 5.50. The smallest absolute Gasteiger partial charge is 0.298 e. The van der Waals surface area contributed by atoms with Crippen molar-refractivity contribution < 1.29 is 14.3 Å². The molecule has 3 saturated carbocycles. The Morgan fingerprint density at radius 3 is 2.67 bits per heavy atom. The molecule has 0 atom stereocenters. The Balaban J connectivity index is 1.39. The minimum absolute atomic E-state index is 0.115. The second-order valence-corrected chi connectivity index (χ2v) is 9.98. The summed E-state index contributed by atoms with van der Waals surface area (Å²) < 4.78 is 8.30. The molecule has 2 bridgehead atoms. The van der Waals surface area contributed by atoms with E-state index in [0.29, 0.717) is 23.6 Å². The van der Waals surface area contributed by atoms with Gasteiger partial charge in [-0.1, -0.05) is 0 Å². The lowest BCUT2D eigenvalue weighted by Gasteiger charge is -2.72. The van der Waals surface area contributed by atoms with E-state index in [1.54, 1.807) is 22.9 Å². The Morgan fingerprint density at radius 1 is 1.27 bits per heavy atom. The zero-order chi connectivity index (χ0) is 21.3. The third-order valence-corrected chi connectivity index (χ3v) is 6.41. The predicted octanol–water partition coefficient (Wildman–Crippen LogP) is 3.16. The molecule has 156 valence electrons. The maximum absolute atomic E-state index is 13.3. The molecule has 0 radical (unpaired) electrons. The zero-order valence-corrected chi connectivity index (χ0v) is 17.7. The fraction of sp³-hybridized carbons (Fsp3) is 0.435. The van der Waals surface area contributed by atoms with Gasteiger partial charge in [0, 0.05) is 41.3 Å². The molecule has 0 amide bonds. The molecular formula is C23H26N4O3. The van der Waals surface area contributed by atoms with Crippen LogP contribution < -0.4 is 10.1 Å². The van der Waals surface area contributed by atoms with Crippen LogP contribution in [-0.4, -0.2) is 37.6 Å². The van der Waals surface area contributed by atoms with Gasteiger partial charge in [-0.2, -0.15) is 0 Å². The number of rotatable bonds is 5. The molecule has 7 nitrogen and oxygen atoms in total. The molecule has 6 rings (SSSR count). The number of carbonyl (C=O) groups is 2. The number of nitrogens with zero attached hydrogens (tertiary/aromatic N) is 3. The highest BCUT2D eigenvalue weighted by molar-refractivity contribution is 6.00. The van der Waals surface area contributed by atoms with Gasteiger partial charge in [0.25, 0.3) is 12.4 Å². The maximum atomic E-state index is 13.3. The highest BCUT2D eigenvalue weighted by atomic mass is 16.5. The highest BCUT2D eigenvalue weighted by Crippen LogP contribution is 2.68. The van der Waals surface area contributed by atoms with Crippen LogP contribution in [0.15, 0.2) is 36.8 Å². The summed E-state index contributed by atoms with van der Waals surface area (Å²) in [5, 5.41) is 4.52. The largest absolute Gasteiger partial charge is 0.427 e. The van der Waals surface area contributed by atoms with E-state index < -0.39 is 0 Å². The van der Waals surface area contributed by atoms with Crippen LogP contribution in [0.3, 0.4) is 0 Å². The van der Waals surface area contributed by atoms with E-state index in [-0.39, 0.29) is 22.4 Å². The number of hydrogen-bond acceptors (Lipinski definition) is 5. The molecule has 0 spiro atoms. The number of hydrogen-bond donors (Lipinski definition) is 1. The van der Waals surface area contributed by atoms with Crippen molar-refractivity contribution in [3.63, 3.8) is 0 Å². The minimum Gasteiger partial charge on any atom is -0.427 e. The van der Waals surface area contributed by atoms with Gasteiger partial charge < -0.3 is 14.6 Å². The van der Waals surface area contributed by atoms with Crippen molar-refractivity contribution in [2.24, 2.45) is 7.05 Å². The van der Waals surface area contributed by atoms with Crippen molar-refractivity contribution in [2.75, 3.05) is 0 Å². The summed E-state index contributed by atoms with van der Waals surface area (Å²) in [6.07, 6.45) is 8.64. The Labute approximate surface area is 175 Å². The number of ether oxygens (including phenoxy) is 1. The average Bonchev–Trinajstić information content (AvgIpc) is 3.19. The second-order valence-electron chi connectivity index (χ2n) is 9.98.